The second-order valence-corrected chi connectivity index (χ2v) is 6.99. The minimum absolute atomic E-state index is 0.227. The van der Waals surface area contributed by atoms with E-state index in [1.165, 1.54) is 6.33 Å². The number of anilines is 1. The van der Waals surface area contributed by atoms with Crippen LogP contribution < -0.4 is 5.73 Å². The van der Waals surface area contributed by atoms with Gasteiger partial charge in [0.05, 0.1) is 26.1 Å². The molecule has 0 saturated carbocycles. The highest BCUT2D eigenvalue weighted by Gasteiger charge is 2.13. The molecule has 2 N–H and O–H groups in total. The molecule has 4 aromatic rings. The SMILES string of the molecule is Nc1ncnc2c1ncn2COC(CCOCc1ccccc1)OCc1ccccc1. The largest absolute Gasteiger partial charge is 0.382 e. The van der Waals surface area contributed by atoms with E-state index >= 15 is 0 Å². The molecular weight excluding hydrogens is 394 g/mol. The van der Waals surface area contributed by atoms with Gasteiger partial charge in [-0.25, -0.2) is 15.0 Å². The van der Waals surface area contributed by atoms with Crippen LogP contribution in [0.25, 0.3) is 11.2 Å². The van der Waals surface area contributed by atoms with Gasteiger partial charge in [0.25, 0.3) is 0 Å². The lowest BCUT2D eigenvalue weighted by Gasteiger charge is -2.19. The van der Waals surface area contributed by atoms with Crippen LogP contribution in [0.3, 0.4) is 0 Å². The average Bonchev–Trinajstić information content (AvgIpc) is 3.24. The summed E-state index contributed by atoms with van der Waals surface area (Å²) in [6.07, 6.45) is 3.18. The van der Waals surface area contributed by atoms with Crippen molar-refractivity contribution in [3.63, 3.8) is 0 Å². The first kappa shape index (κ1) is 20.9. The molecule has 0 radical (unpaired) electrons. The summed E-state index contributed by atoms with van der Waals surface area (Å²) in [7, 11) is 0. The Kier molecular flexibility index (Phi) is 7.17. The molecule has 1 atom stereocenters. The summed E-state index contributed by atoms with van der Waals surface area (Å²) in [4.78, 5) is 12.5. The van der Waals surface area contributed by atoms with Crippen LogP contribution in [0.4, 0.5) is 5.82 Å². The van der Waals surface area contributed by atoms with E-state index in [0.717, 1.165) is 11.1 Å². The van der Waals surface area contributed by atoms with Gasteiger partial charge in [-0.1, -0.05) is 60.7 Å². The fourth-order valence-corrected chi connectivity index (χ4v) is 3.08. The fraction of sp³-hybridized carbons (Fsp3) is 0.261. The lowest BCUT2D eigenvalue weighted by atomic mass is 10.2. The van der Waals surface area contributed by atoms with Gasteiger partial charge in [0.15, 0.2) is 17.8 Å². The molecule has 4 rings (SSSR count). The molecule has 31 heavy (non-hydrogen) atoms. The van der Waals surface area contributed by atoms with Crippen LogP contribution in [-0.4, -0.2) is 32.4 Å². The van der Waals surface area contributed by atoms with E-state index in [4.69, 9.17) is 19.9 Å². The zero-order valence-electron chi connectivity index (χ0n) is 17.1. The second-order valence-electron chi connectivity index (χ2n) is 6.99. The van der Waals surface area contributed by atoms with Crippen molar-refractivity contribution < 1.29 is 14.2 Å². The lowest BCUT2D eigenvalue weighted by molar-refractivity contribution is -0.178. The number of fused-ring (bicyclic) bond motifs is 1. The van der Waals surface area contributed by atoms with E-state index < -0.39 is 6.29 Å². The Labute approximate surface area is 180 Å². The number of benzene rings is 2. The molecular formula is C23H25N5O3. The maximum Gasteiger partial charge on any atom is 0.167 e. The summed E-state index contributed by atoms with van der Waals surface area (Å²) >= 11 is 0. The molecule has 0 amide bonds. The number of nitrogens with two attached hydrogens (primary N) is 1. The number of nitrogen functional groups attached to an aromatic ring is 1. The Bertz CT molecular complexity index is 1070. The van der Waals surface area contributed by atoms with Gasteiger partial charge in [0.2, 0.25) is 0 Å². The number of hydrogen-bond acceptors (Lipinski definition) is 7. The van der Waals surface area contributed by atoms with Gasteiger partial charge in [-0.2, -0.15) is 0 Å². The summed E-state index contributed by atoms with van der Waals surface area (Å²) in [6.45, 7) is 1.73. The molecule has 2 heterocycles. The third-order valence-corrected chi connectivity index (χ3v) is 4.72. The summed E-state index contributed by atoms with van der Waals surface area (Å²) in [5.74, 6) is 0.343. The lowest BCUT2D eigenvalue weighted by Crippen LogP contribution is -2.21. The zero-order chi connectivity index (χ0) is 21.3. The van der Waals surface area contributed by atoms with Crippen molar-refractivity contribution in [2.24, 2.45) is 0 Å². The van der Waals surface area contributed by atoms with Crippen LogP contribution in [0.15, 0.2) is 73.3 Å². The molecule has 160 valence electrons. The molecule has 0 spiro atoms. The van der Waals surface area contributed by atoms with Crippen molar-refractivity contribution >= 4 is 17.0 Å². The van der Waals surface area contributed by atoms with Gasteiger partial charge < -0.3 is 19.9 Å². The van der Waals surface area contributed by atoms with Crippen LogP contribution in [0.1, 0.15) is 17.5 Å². The number of ether oxygens (including phenoxy) is 3. The fourth-order valence-electron chi connectivity index (χ4n) is 3.08. The van der Waals surface area contributed by atoms with E-state index in [-0.39, 0.29) is 6.73 Å². The van der Waals surface area contributed by atoms with E-state index in [1.54, 1.807) is 10.9 Å². The predicted molar refractivity (Wildman–Crippen MR) is 117 cm³/mol. The number of hydrogen-bond donors (Lipinski definition) is 1. The normalized spacial score (nSPS) is 12.3. The molecule has 0 saturated heterocycles. The van der Waals surface area contributed by atoms with Crippen LogP contribution in [0.5, 0.6) is 0 Å². The summed E-state index contributed by atoms with van der Waals surface area (Å²) in [6, 6.07) is 20.1. The Morgan fingerprint density at radius 2 is 1.55 bits per heavy atom. The molecule has 0 aliphatic carbocycles. The maximum atomic E-state index is 6.03. The van der Waals surface area contributed by atoms with Gasteiger partial charge in [-0.05, 0) is 11.1 Å². The highest BCUT2D eigenvalue weighted by molar-refractivity contribution is 5.80. The van der Waals surface area contributed by atoms with Gasteiger partial charge >= 0.3 is 0 Å². The molecule has 2 aromatic heterocycles. The van der Waals surface area contributed by atoms with Crippen molar-refractivity contribution in [1.29, 1.82) is 0 Å². The first-order chi connectivity index (χ1) is 15.3. The molecule has 0 bridgehead atoms. The van der Waals surface area contributed by atoms with Crippen molar-refractivity contribution in [3.8, 4) is 0 Å². The highest BCUT2D eigenvalue weighted by Crippen LogP contribution is 2.16. The quantitative estimate of drug-likeness (QED) is 0.293. The molecule has 0 fully saturated rings. The third-order valence-electron chi connectivity index (χ3n) is 4.72. The summed E-state index contributed by atoms with van der Waals surface area (Å²) in [5.41, 5.74) is 9.24. The minimum Gasteiger partial charge on any atom is -0.382 e. The first-order valence-corrected chi connectivity index (χ1v) is 10.1. The molecule has 2 aromatic carbocycles. The van der Waals surface area contributed by atoms with E-state index in [2.05, 4.69) is 15.0 Å². The van der Waals surface area contributed by atoms with Crippen LogP contribution >= 0.6 is 0 Å². The number of rotatable bonds is 11. The Hall–Kier alpha value is -3.33. The van der Waals surface area contributed by atoms with Crippen molar-refractivity contribution in [3.05, 3.63) is 84.4 Å². The van der Waals surface area contributed by atoms with Gasteiger partial charge in [-0.3, -0.25) is 4.57 Å². The van der Waals surface area contributed by atoms with Gasteiger partial charge in [0.1, 0.15) is 18.6 Å². The van der Waals surface area contributed by atoms with Crippen molar-refractivity contribution in [2.45, 2.75) is 32.7 Å². The van der Waals surface area contributed by atoms with Crippen molar-refractivity contribution in [2.75, 3.05) is 12.3 Å². The standard InChI is InChI=1S/C23H25N5O3/c24-22-21-23(26-15-25-22)28(16-27-21)17-31-20(30-14-19-9-5-2-6-10-19)11-12-29-13-18-7-3-1-4-8-18/h1-10,15-16,20H,11-14,17H2,(H2,24,25,26). The third kappa shape index (κ3) is 5.85. The predicted octanol–water partition coefficient (Wildman–Crippen LogP) is 3.53. The summed E-state index contributed by atoms with van der Waals surface area (Å²) < 4.78 is 19.6. The highest BCUT2D eigenvalue weighted by atomic mass is 16.7. The molecule has 8 heteroatoms. The number of imidazole rings is 1. The maximum absolute atomic E-state index is 6.03. The summed E-state index contributed by atoms with van der Waals surface area (Å²) in [5, 5.41) is 0. The Morgan fingerprint density at radius 1 is 0.839 bits per heavy atom. The first-order valence-electron chi connectivity index (χ1n) is 10.1. The molecule has 1 unspecified atom stereocenters. The molecule has 8 nitrogen and oxygen atoms in total. The van der Waals surface area contributed by atoms with Gasteiger partial charge in [-0.15, -0.1) is 0 Å². The Morgan fingerprint density at radius 3 is 2.29 bits per heavy atom. The monoisotopic (exact) mass is 419 g/mol. The van der Waals surface area contributed by atoms with Crippen LogP contribution in [0, 0.1) is 0 Å². The van der Waals surface area contributed by atoms with E-state index in [0.29, 0.717) is 43.2 Å². The number of nitrogens with zero attached hydrogens (tertiary/aromatic N) is 4. The van der Waals surface area contributed by atoms with Crippen LogP contribution in [0.2, 0.25) is 0 Å². The van der Waals surface area contributed by atoms with E-state index in [9.17, 15) is 0 Å². The van der Waals surface area contributed by atoms with Crippen molar-refractivity contribution in [1.82, 2.24) is 19.5 Å². The van der Waals surface area contributed by atoms with Gasteiger partial charge in [0, 0.05) is 6.42 Å². The Balaban J connectivity index is 1.34. The molecule has 0 aliphatic rings. The van der Waals surface area contributed by atoms with E-state index in [1.807, 2.05) is 60.7 Å². The topological polar surface area (TPSA) is 97.3 Å². The van der Waals surface area contributed by atoms with Crippen LogP contribution in [-0.2, 0) is 34.2 Å². The molecule has 0 aliphatic heterocycles. The zero-order valence-corrected chi connectivity index (χ0v) is 17.1. The second kappa shape index (κ2) is 10.6. The smallest absolute Gasteiger partial charge is 0.167 e. The number of aromatic nitrogens is 4. The average molecular weight is 419 g/mol. The minimum atomic E-state index is -0.451.